The average molecular weight is 478 g/mol. The highest BCUT2D eigenvalue weighted by Crippen LogP contribution is 2.40. The molecule has 1 fully saturated rings. The van der Waals surface area contributed by atoms with Gasteiger partial charge in [0, 0.05) is 23.1 Å². The number of likely N-dealkylation sites (tertiary alicyclic amines) is 1. The van der Waals surface area contributed by atoms with Crippen LogP contribution in [0.5, 0.6) is 0 Å². The second-order valence-corrected chi connectivity index (χ2v) is 9.83. The van der Waals surface area contributed by atoms with Crippen molar-refractivity contribution in [3.05, 3.63) is 77.7 Å². The fourth-order valence-corrected chi connectivity index (χ4v) is 6.16. The molecule has 8 heteroatoms. The van der Waals surface area contributed by atoms with Gasteiger partial charge in [-0.2, -0.15) is 0 Å². The van der Waals surface area contributed by atoms with Gasteiger partial charge in [0.25, 0.3) is 5.91 Å². The number of thiophene rings is 1. The Labute approximate surface area is 198 Å². The first-order chi connectivity index (χ1) is 16.1. The maximum Gasteiger partial charge on any atom is 0.260 e. The van der Waals surface area contributed by atoms with Crippen LogP contribution in [0.1, 0.15) is 29.6 Å². The van der Waals surface area contributed by atoms with Crippen LogP contribution in [0.4, 0.5) is 4.39 Å². The van der Waals surface area contributed by atoms with Crippen LogP contribution in [-0.2, 0) is 4.79 Å². The van der Waals surface area contributed by atoms with Gasteiger partial charge < -0.3 is 0 Å². The largest absolute Gasteiger partial charge is 0.278 e. The van der Waals surface area contributed by atoms with Crippen LogP contribution in [-0.4, -0.2) is 38.5 Å². The lowest BCUT2D eigenvalue weighted by Gasteiger charge is -2.22. The highest BCUT2D eigenvalue weighted by molar-refractivity contribution is 8.00. The van der Waals surface area contributed by atoms with E-state index in [1.165, 1.54) is 47.3 Å². The van der Waals surface area contributed by atoms with Crippen LogP contribution in [0.25, 0.3) is 21.3 Å². The van der Waals surface area contributed by atoms with E-state index in [-0.39, 0.29) is 11.8 Å². The molecule has 3 heterocycles. The Balaban J connectivity index is 1.46. The zero-order valence-corrected chi connectivity index (χ0v) is 19.2. The van der Waals surface area contributed by atoms with E-state index in [1.54, 1.807) is 11.3 Å². The summed E-state index contributed by atoms with van der Waals surface area (Å²) in [5.41, 5.74) is 2.42. The first-order valence-electron chi connectivity index (χ1n) is 10.7. The van der Waals surface area contributed by atoms with E-state index < -0.39 is 11.1 Å². The van der Waals surface area contributed by atoms with Gasteiger partial charge in [-0.05, 0) is 42.7 Å². The molecule has 1 aliphatic heterocycles. The molecule has 2 aromatic heterocycles. The van der Waals surface area contributed by atoms with Gasteiger partial charge in [-0.1, -0.05) is 48.5 Å². The number of carbonyl (C=O) groups is 2. The molecule has 0 bridgehead atoms. The summed E-state index contributed by atoms with van der Waals surface area (Å²) in [7, 11) is 0. The molecule has 5 rings (SSSR count). The van der Waals surface area contributed by atoms with E-state index in [0.29, 0.717) is 18.5 Å². The number of halogens is 1. The number of imide groups is 1. The van der Waals surface area contributed by atoms with Crippen molar-refractivity contribution in [2.75, 3.05) is 6.54 Å². The molecule has 0 spiro atoms. The Morgan fingerprint density at radius 3 is 2.64 bits per heavy atom. The van der Waals surface area contributed by atoms with Crippen LogP contribution in [0.15, 0.2) is 71.3 Å². The number of rotatable bonds is 4. The topological polar surface area (TPSA) is 63.2 Å². The van der Waals surface area contributed by atoms with Crippen molar-refractivity contribution in [3.8, 4) is 11.1 Å². The number of hydrogen-bond acceptors (Lipinski definition) is 6. The highest BCUT2D eigenvalue weighted by atomic mass is 32.2. The number of hydrogen-bond donors (Lipinski definition) is 0. The van der Waals surface area contributed by atoms with Crippen LogP contribution in [0, 0.1) is 5.82 Å². The maximum absolute atomic E-state index is 13.4. The van der Waals surface area contributed by atoms with Crippen molar-refractivity contribution in [3.63, 3.8) is 0 Å². The lowest BCUT2D eigenvalue weighted by Crippen LogP contribution is -2.41. The van der Waals surface area contributed by atoms with Gasteiger partial charge in [-0.25, -0.2) is 14.4 Å². The molecule has 4 aromatic rings. The van der Waals surface area contributed by atoms with Crippen molar-refractivity contribution < 1.29 is 14.0 Å². The fourth-order valence-electron chi connectivity index (χ4n) is 3.97. The predicted molar refractivity (Wildman–Crippen MR) is 129 cm³/mol. The van der Waals surface area contributed by atoms with Gasteiger partial charge in [-0.15, -0.1) is 11.3 Å². The van der Waals surface area contributed by atoms with Gasteiger partial charge >= 0.3 is 0 Å². The summed E-state index contributed by atoms with van der Waals surface area (Å²) < 4.78 is 13.3. The summed E-state index contributed by atoms with van der Waals surface area (Å²) in [6, 6.07) is 15.4. The standard InChI is InChI=1S/C25H20FN3O2S2/c26-18-11-9-17(10-12-18)24(30)29-13-5-4-8-20(25(29)31)33-23-21-19(16-6-2-1-3-7-16)14-32-22(21)27-15-28-23/h1-3,6-7,9-12,14-15,20H,4-5,8,13H2. The quantitative estimate of drug-likeness (QED) is 0.274. The van der Waals surface area contributed by atoms with E-state index in [2.05, 4.69) is 15.3 Å². The Kier molecular flexibility index (Phi) is 6.20. The Morgan fingerprint density at radius 2 is 1.85 bits per heavy atom. The lowest BCUT2D eigenvalue weighted by molar-refractivity contribution is -0.127. The van der Waals surface area contributed by atoms with E-state index in [9.17, 15) is 14.0 Å². The van der Waals surface area contributed by atoms with Crippen molar-refractivity contribution in [1.82, 2.24) is 14.9 Å². The zero-order chi connectivity index (χ0) is 22.8. The average Bonchev–Trinajstić information content (AvgIpc) is 3.20. The molecular weight excluding hydrogens is 457 g/mol. The predicted octanol–water partition coefficient (Wildman–Crippen LogP) is 5.81. The molecule has 2 amide bonds. The number of aromatic nitrogens is 2. The molecule has 166 valence electrons. The molecule has 1 unspecified atom stereocenters. The normalized spacial score (nSPS) is 16.7. The number of benzene rings is 2. The third-order valence-corrected chi connectivity index (χ3v) is 7.79. The second kappa shape index (κ2) is 9.41. The molecule has 0 radical (unpaired) electrons. The minimum atomic E-state index is -0.432. The Morgan fingerprint density at radius 1 is 1.06 bits per heavy atom. The van der Waals surface area contributed by atoms with Crippen LogP contribution in [0.3, 0.4) is 0 Å². The first kappa shape index (κ1) is 21.7. The van der Waals surface area contributed by atoms with Crippen LogP contribution < -0.4 is 0 Å². The number of carbonyl (C=O) groups excluding carboxylic acids is 2. The summed E-state index contributed by atoms with van der Waals surface area (Å²) in [5, 5.41) is 3.32. The van der Waals surface area contributed by atoms with Crippen LogP contribution in [0.2, 0.25) is 0 Å². The lowest BCUT2D eigenvalue weighted by atomic mass is 10.1. The minimum absolute atomic E-state index is 0.227. The molecular formula is C25H20FN3O2S2. The second-order valence-electron chi connectivity index (χ2n) is 7.78. The third-order valence-electron chi connectivity index (χ3n) is 5.65. The molecule has 0 saturated carbocycles. The highest BCUT2D eigenvalue weighted by Gasteiger charge is 2.33. The summed E-state index contributed by atoms with van der Waals surface area (Å²) in [6.45, 7) is 0.360. The third kappa shape index (κ3) is 4.41. The number of nitrogens with zero attached hydrogens (tertiary/aromatic N) is 3. The zero-order valence-electron chi connectivity index (χ0n) is 17.6. The van der Waals surface area contributed by atoms with Gasteiger partial charge in [0.2, 0.25) is 5.91 Å². The van der Waals surface area contributed by atoms with Crippen LogP contribution >= 0.6 is 23.1 Å². The summed E-state index contributed by atoms with van der Waals surface area (Å²) >= 11 is 2.95. The molecule has 2 aromatic carbocycles. The van der Waals surface area contributed by atoms with Crippen molar-refractivity contribution >= 4 is 45.1 Å². The monoisotopic (exact) mass is 477 g/mol. The molecule has 5 nitrogen and oxygen atoms in total. The smallest absolute Gasteiger partial charge is 0.260 e. The number of thioether (sulfide) groups is 1. The Hall–Kier alpha value is -3.10. The van der Waals surface area contributed by atoms with Gasteiger partial charge in [-0.3, -0.25) is 14.5 Å². The minimum Gasteiger partial charge on any atom is -0.278 e. The molecule has 1 aliphatic rings. The van der Waals surface area contributed by atoms with Gasteiger partial charge in [0.15, 0.2) is 0 Å². The van der Waals surface area contributed by atoms with E-state index in [1.807, 2.05) is 30.3 Å². The number of fused-ring (bicyclic) bond motifs is 1. The molecule has 0 N–H and O–H groups in total. The molecule has 33 heavy (non-hydrogen) atoms. The van der Waals surface area contributed by atoms with Gasteiger partial charge in [0.05, 0.1) is 10.6 Å². The maximum atomic E-state index is 13.4. The van der Waals surface area contributed by atoms with E-state index >= 15 is 0 Å². The van der Waals surface area contributed by atoms with Crippen molar-refractivity contribution in [2.24, 2.45) is 0 Å². The van der Waals surface area contributed by atoms with Crippen molar-refractivity contribution in [1.29, 1.82) is 0 Å². The van der Waals surface area contributed by atoms with E-state index in [4.69, 9.17) is 0 Å². The first-order valence-corrected chi connectivity index (χ1v) is 12.4. The summed E-state index contributed by atoms with van der Waals surface area (Å²) in [5.74, 6) is -1.03. The fraction of sp³-hybridized carbons (Fsp3) is 0.200. The molecule has 1 saturated heterocycles. The van der Waals surface area contributed by atoms with E-state index in [0.717, 1.165) is 39.2 Å². The Bertz CT molecular complexity index is 1310. The van der Waals surface area contributed by atoms with Crippen molar-refractivity contribution in [2.45, 2.75) is 29.5 Å². The summed E-state index contributed by atoms with van der Waals surface area (Å²) in [4.78, 5) is 37.6. The summed E-state index contributed by atoms with van der Waals surface area (Å²) in [6.07, 6.45) is 3.76. The SMILES string of the molecule is O=C(c1ccc(F)cc1)N1CCCCC(Sc2ncnc3scc(-c4ccccc4)c23)C1=O. The van der Waals surface area contributed by atoms with Gasteiger partial charge in [0.1, 0.15) is 22.0 Å². The number of amides is 2. The molecule has 0 aliphatic carbocycles. The molecule has 1 atom stereocenters.